The molecule has 1 saturated carbocycles. The molecule has 3 fully saturated rings. The average Bonchev–Trinajstić information content (AvgIpc) is 2.85. The number of fused-ring (bicyclic) bond motifs is 4. The fourth-order valence-electron chi connectivity index (χ4n) is 5.67. The zero-order valence-corrected chi connectivity index (χ0v) is 15.3. The molecule has 0 radical (unpaired) electrons. The average molecular weight is 406 g/mol. The maximum atomic E-state index is 3.84. The number of hydrogen-bond donors (Lipinski definition) is 1. The number of H-pyrrole nitrogens is 1. The molecule has 116 valence electrons. The zero-order chi connectivity index (χ0) is 14.8. The monoisotopic (exact) mass is 406 g/mol. The van der Waals surface area contributed by atoms with Gasteiger partial charge in [0.05, 0.1) is 0 Å². The molecule has 1 aliphatic carbocycles. The molecule has 4 aliphatic rings. The molecule has 6 rings (SSSR count). The number of rotatable bonds is 1. The molecule has 0 amide bonds. The van der Waals surface area contributed by atoms with Crippen LogP contribution in [0.2, 0.25) is 0 Å². The Labute approximate surface area is 145 Å². The van der Waals surface area contributed by atoms with Crippen molar-refractivity contribution in [2.45, 2.75) is 44.6 Å². The van der Waals surface area contributed by atoms with E-state index < -0.39 is 0 Å². The summed E-state index contributed by atoms with van der Waals surface area (Å²) < 4.78 is 1.35. The van der Waals surface area contributed by atoms with Crippen LogP contribution in [0.5, 0.6) is 0 Å². The summed E-state index contributed by atoms with van der Waals surface area (Å²) in [6, 6.07) is 7.68. The molecule has 5 atom stereocenters. The van der Waals surface area contributed by atoms with Crippen LogP contribution in [0.1, 0.15) is 43.4 Å². The summed E-state index contributed by atoms with van der Waals surface area (Å²) in [7, 11) is 0. The Morgan fingerprint density at radius 2 is 2.23 bits per heavy atom. The Morgan fingerprint density at radius 1 is 1.32 bits per heavy atom. The summed E-state index contributed by atoms with van der Waals surface area (Å²) in [4.78, 5) is 6.68. The van der Waals surface area contributed by atoms with Crippen LogP contribution in [0.4, 0.5) is 0 Å². The first kappa shape index (κ1) is 13.8. The molecule has 2 nitrogen and oxygen atoms in total. The van der Waals surface area contributed by atoms with Gasteiger partial charge in [-0.15, -0.1) is 0 Å². The first-order chi connectivity index (χ1) is 10.7. The van der Waals surface area contributed by atoms with Gasteiger partial charge in [-0.05, 0) is 77.5 Å². The molecule has 2 saturated heterocycles. The maximum absolute atomic E-state index is 3.84. The molecule has 5 unspecified atom stereocenters. The van der Waals surface area contributed by atoms with E-state index in [-0.39, 0.29) is 0 Å². The second-order valence-electron chi connectivity index (χ2n) is 7.55. The van der Waals surface area contributed by atoms with Crippen LogP contribution in [0.25, 0.3) is 10.9 Å². The molecule has 1 aromatic carbocycles. The standard InChI is InChI=1S/C19H23IN2/c1-2-12-7-11-8-16-18-14(5-6-22(10-11)19(12)16)15-9-13(20)3-4-17(15)21-18/h3-4,9,11-12,16,19,21H,2,5-8,10H2,1H3. The molecular weight excluding hydrogens is 383 g/mol. The van der Waals surface area contributed by atoms with Crippen LogP contribution in [-0.2, 0) is 6.42 Å². The number of halogens is 1. The van der Waals surface area contributed by atoms with Gasteiger partial charge in [0.25, 0.3) is 0 Å². The number of aromatic nitrogens is 1. The third kappa shape index (κ3) is 1.87. The van der Waals surface area contributed by atoms with Crippen LogP contribution in [0.3, 0.4) is 0 Å². The Bertz CT molecular complexity index is 734. The Morgan fingerprint density at radius 3 is 3.09 bits per heavy atom. The third-order valence-corrected chi connectivity index (χ3v) is 7.15. The highest BCUT2D eigenvalue weighted by Crippen LogP contribution is 2.51. The SMILES string of the molecule is CCC1CC2CC3c4[nH]c5ccc(I)cc5c4CCN(C2)C13. The van der Waals surface area contributed by atoms with Crippen molar-refractivity contribution in [2.75, 3.05) is 13.1 Å². The summed E-state index contributed by atoms with van der Waals surface area (Å²) in [6.45, 7) is 5.02. The van der Waals surface area contributed by atoms with Crippen molar-refractivity contribution >= 4 is 33.5 Å². The topological polar surface area (TPSA) is 19.0 Å². The Kier molecular flexibility index (Phi) is 3.13. The van der Waals surface area contributed by atoms with E-state index in [1.807, 2.05) is 0 Å². The molecule has 3 heteroatoms. The summed E-state index contributed by atoms with van der Waals surface area (Å²) in [5, 5.41) is 1.49. The molecule has 2 aromatic rings. The molecule has 3 aliphatic heterocycles. The predicted molar refractivity (Wildman–Crippen MR) is 99.3 cm³/mol. The van der Waals surface area contributed by atoms with Gasteiger partial charge in [-0.1, -0.05) is 13.3 Å². The van der Waals surface area contributed by atoms with Crippen LogP contribution in [-0.4, -0.2) is 29.0 Å². The Balaban J connectivity index is 1.69. The van der Waals surface area contributed by atoms with Gasteiger partial charge >= 0.3 is 0 Å². The van der Waals surface area contributed by atoms with Crippen molar-refractivity contribution in [1.29, 1.82) is 0 Å². The largest absolute Gasteiger partial charge is 0.358 e. The smallest absolute Gasteiger partial charge is 0.0459 e. The van der Waals surface area contributed by atoms with Crippen molar-refractivity contribution in [3.05, 3.63) is 33.0 Å². The minimum Gasteiger partial charge on any atom is -0.358 e. The number of hydrogen-bond acceptors (Lipinski definition) is 1. The third-order valence-electron chi connectivity index (χ3n) is 6.48. The van der Waals surface area contributed by atoms with E-state index in [9.17, 15) is 0 Å². The second kappa shape index (κ2) is 4.97. The molecule has 1 aromatic heterocycles. The van der Waals surface area contributed by atoms with Gasteiger partial charge in [0.15, 0.2) is 0 Å². The van der Waals surface area contributed by atoms with Gasteiger partial charge in [0, 0.05) is 45.2 Å². The van der Waals surface area contributed by atoms with Crippen LogP contribution in [0, 0.1) is 15.4 Å². The second-order valence-corrected chi connectivity index (χ2v) is 8.80. The van der Waals surface area contributed by atoms with Crippen molar-refractivity contribution in [3.8, 4) is 0 Å². The predicted octanol–water partition coefficient (Wildman–Crippen LogP) is 4.53. The van der Waals surface area contributed by atoms with E-state index in [4.69, 9.17) is 0 Å². The maximum Gasteiger partial charge on any atom is 0.0459 e. The number of nitrogens with zero attached hydrogens (tertiary/aromatic N) is 1. The lowest BCUT2D eigenvalue weighted by molar-refractivity contribution is -0.0134. The summed E-state index contributed by atoms with van der Waals surface area (Å²) in [5.74, 6) is 2.59. The fraction of sp³-hybridized carbons (Fsp3) is 0.579. The van der Waals surface area contributed by atoms with E-state index in [1.54, 1.807) is 11.3 Å². The quantitative estimate of drug-likeness (QED) is 0.690. The summed E-state index contributed by atoms with van der Waals surface area (Å²) in [5.41, 5.74) is 4.57. The van der Waals surface area contributed by atoms with Crippen molar-refractivity contribution in [1.82, 2.24) is 9.88 Å². The van der Waals surface area contributed by atoms with Crippen molar-refractivity contribution in [2.24, 2.45) is 11.8 Å². The first-order valence-corrected chi connectivity index (χ1v) is 9.86. The zero-order valence-electron chi connectivity index (χ0n) is 13.1. The highest BCUT2D eigenvalue weighted by atomic mass is 127. The van der Waals surface area contributed by atoms with Gasteiger partial charge in [0.2, 0.25) is 0 Å². The van der Waals surface area contributed by atoms with Gasteiger partial charge in [-0.3, -0.25) is 4.90 Å². The van der Waals surface area contributed by atoms with Crippen LogP contribution >= 0.6 is 22.6 Å². The summed E-state index contributed by atoms with van der Waals surface area (Å²) >= 11 is 2.44. The normalized spacial score (nSPS) is 36.4. The number of aromatic amines is 1. The van der Waals surface area contributed by atoms with E-state index in [0.29, 0.717) is 0 Å². The number of piperidine rings is 2. The van der Waals surface area contributed by atoms with E-state index >= 15 is 0 Å². The number of nitrogens with one attached hydrogen (secondary N) is 1. The lowest BCUT2D eigenvalue weighted by atomic mass is 9.65. The molecular formula is C19H23IN2. The van der Waals surface area contributed by atoms with E-state index in [2.05, 4.69) is 57.6 Å². The van der Waals surface area contributed by atoms with Crippen molar-refractivity contribution in [3.63, 3.8) is 0 Å². The van der Waals surface area contributed by atoms with E-state index in [1.165, 1.54) is 53.2 Å². The molecule has 4 heterocycles. The fourth-order valence-corrected chi connectivity index (χ4v) is 6.16. The van der Waals surface area contributed by atoms with Gasteiger partial charge < -0.3 is 4.98 Å². The highest BCUT2D eigenvalue weighted by Gasteiger charge is 2.48. The van der Waals surface area contributed by atoms with Crippen LogP contribution < -0.4 is 0 Å². The molecule has 0 spiro atoms. The van der Waals surface area contributed by atoms with Gasteiger partial charge in [0.1, 0.15) is 0 Å². The van der Waals surface area contributed by atoms with E-state index in [0.717, 1.165) is 23.8 Å². The number of benzene rings is 1. The van der Waals surface area contributed by atoms with Gasteiger partial charge in [-0.25, -0.2) is 0 Å². The molecule has 1 N–H and O–H groups in total. The molecule has 4 bridgehead atoms. The summed E-state index contributed by atoms with van der Waals surface area (Å²) in [6.07, 6.45) is 5.46. The van der Waals surface area contributed by atoms with Gasteiger partial charge in [-0.2, -0.15) is 0 Å². The Hall–Kier alpha value is -0.550. The minimum absolute atomic E-state index is 0.750. The lowest BCUT2D eigenvalue weighted by Crippen LogP contribution is -2.56. The van der Waals surface area contributed by atoms with Crippen LogP contribution in [0.15, 0.2) is 18.2 Å². The molecule has 22 heavy (non-hydrogen) atoms. The minimum atomic E-state index is 0.750. The van der Waals surface area contributed by atoms with Crippen molar-refractivity contribution < 1.29 is 0 Å². The highest BCUT2D eigenvalue weighted by molar-refractivity contribution is 14.1. The first-order valence-electron chi connectivity index (χ1n) is 8.78. The lowest BCUT2D eigenvalue weighted by Gasteiger charge is -2.53.